The number of carbonyl (C=O) groups is 2. The SMILES string of the molecule is CCCCCCCCN(CCCCCCCC)CCCCCCCC.O=C(O)C(O)C(O)C(=O)O. The third-order valence-corrected chi connectivity index (χ3v) is 6.29. The van der Waals surface area contributed by atoms with E-state index in [-0.39, 0.29) is 0 Å². The zero-order chi connectivity index (χ0) is 26.7. The maximum atomic E-state index is 9.77. The minimum absolute atomic E-state index is 1.36. The summed E-state index contributed by atoms with van der Waals surface area (Å²) in [7, 11) is 0. The van der Waals surface area contributed by atoms with Crippen LogP contribution < -0.4 is 0 Å². The maximum Gasteiger partial charge on any atom is 0.335 e. The summed E-state index contributed by atoms with van der Waals surface area (Å²) >= 11 is 0. The van der Waals surface area contributed by atoms with Gasteiger partial charge < -0.3 is 25.3 Å². The summed E-state index contributed by atoms with van der Waals surface area (Å²) in [5.41, 5.74) is 0. The van der Waals surface area contributed by atoms with E-state index < -0.39 is 24.1 Å². The molecule has 35 heavy (non-hydrogen) atoms. The molecule has 0 rings (SSSR count). The molecule has 7 heteroatoms. The van der Waals surface area contributed by atoms with Crippen LogP contribution in [-0.4, -0.2) is 69.1 Å². The number of rotatable bonds is 24. The Labute approximate surface area is 215 Å². The van der Waals surface area contributed by atoms with Gasteiger partial charge in [-0.2, -0.15) is 0 Å². The van der Waals surface area contributed by atoms with Gasteiger partial charge in [-0.1, -0.05) is 117 Å². The second kappa shape index (κ2) is 27.4. The third-order valence-electron chi connectivity index (χ3n) is 6.29. The van der Waals surface area contributed by atoms with Crippen molar-refractivity contribution in [2.75, 3.05) is 19.6 Å². The standard InChI is InChI=1S/C24H51N.C4H6O6/c1-4-7-10-13-16-19-22-25(23-20-17-14-11-8-5-2)24-21-18-15-12-9-6-3;5-1(3(7)8)2(6)4(9)10/h4-24H2,1-3H3;1-2,5-6H,(H,7,8)(H,9,10). The summed E-state index contributed by atoms with van der Waals surface area (Å²) in [5, 5.41) is 32.5. The van der Waals surface area contributed by atoms with E-state index in [2.05, 4.69) is 25.7 Å². The number of hydrogen-bond acceptors (Lipinski definition) is 5. The number of aliphatic hydroxyl groups excluding tert-OH is 2. The van der Waals surface area contributed by atoms with Crippen molar-refractivity contribution in [2.45, 2.75) is 149 Å². The highest BCUT2D eigenvalue weighted by Gasteiger charge is 2.29. The van der Waals surface area contributed by atoms with E-state index in [1.54, 1.807) is 0 Å². The first-order valence-electron chi connectivity index (χ1n) is 14.4. The summed E-state index contributed by atoms with van der Waals surface area (Å²) in [5.74, 6) is -3.54. The first-order chi connectivity index (χ1) is 16.8. The highest BCUT2D eigenvalue weighted by Crippen LogP contribution is 2.11. The second-order valence-electron chi connectivity index (χ2n) is 9.71. The van der Waals surface area contributed by atoms with Gasteiger partial charge >= 0.3 is 11.9 Å². The number of aliphatic carboxylic acids is 2. The highest BCUT2D eigenvalue weighted by atomic mass is 16.4. The number of unbranched alkanes of at least 4 members (excludes halogenated alkanes) is 15. The van der Waals surface area contributed by atoms with E-state index >= 15 is 0 Å². The molecule has 0 spiro atoms. The fourth-order valence-electron chi connectivity index (χ4n) is 3.95. The molecule has 0 radical (unpaired) electrons. The molecular weight excluding hydrogens is 446 g/mol. The molecule has 0 aromatic rings. The van der Waals surface area contributed by atoms with Crippen molar-refractivity contribution in [1.29, 1.82) is 0 Å². The Morgan fingerprint density at radius 2 is 0.714 bits per heavy atom. The van der Waals surface area contributed by atoms with Crippen LogP contribution in [0.5, 0.6) is 0 Å². The Balaban J connectivity index is 0. The van der Waals surface area contributed by atoms with E-state index in [0.29, 0.717) is 0 Å². The lowest BCUT2D eigenvalue weighted by atomic mass is 10.1. The summed E-state index contributed by atoms with van der Waals surface area (Å²) in [6, 6.07) is 0. The molecule has 0 saturated carbocycles. The molecule has 0 amide bonds. The molecule has 0 aromatic carbocycles. The lowest BCUT2D eigenvalue weighted by molar-refractivity contribution is -0.165. The zero-order valence-electron chi connectivity index (χ0n) is 23.1. The van der Waals surface area contributed by atoms with Crippen LogP contribution in [0.4, 0.5) is 0 Å². The van der Waals surface area contributed by atoms with Gasteiger partial charge in [0.25, 0.3) is 0 Å². The van der Waals surface area contributed by atoms with Crippen molar-refractivity contribution < 1.29 is 30.0 Å². The quantitative estimate of drug-likeness (QED) is 0.115. The number of aliphatic hydroxyl groups is 2. The molecule has 2 unspecified atom stereocenters. The van der Waals surface area contributed by atoms with Crippen molar-refractivity contribution >= 4 is 11.9 Å². The molecule has 0 aliphatic heterocycles. The molecule has 7 nitrogen and oxygen atoms in total. The lowest BCUT2D eigenvalue weighted by Gasteiger charge is -2.22. The normalized spacial score (nSPS) is 12.7. The van der Waals surface area contributed by atoms with E-state index in [4.69, 9.17) is 20.4 Å². The second-order valence-corrected chi connectivity index (χ2v) is 9.71. The molecule has 0 bridgehead atoms. The van der Waals surface area contributed by atoms with Crippen LogP contribution in [0.15, 0.2) is 0 Å². The number of hydrogen-bond donors (Lipinski definition) is 4. The summed E-state index contributed by atoms with van der Waals surface area (Å²) in [6.07, 6.45) is 21.2. The van der Waals surface area contributed by atoms with Crippen LogP contribution in [0.2, 0.25) is 0 Å². The Hall–Kier alpha value is -1.18. The van der Waals surface area contributed by atoms with Crippen LogP contribution >= 0.6 is 0 Å². The van der Waals surface area contributed by atoms with Crippen molar-refractivity contribution in [1.82, 2.24) is 4.90 Å². The van der Waals surface area contributed by atoms with E-state index in [9.17, 15) is 9.59 Å². The summed E-state index contributed by atoms with van der Waals surface area (Å²) < 4.78 is 0. The Morgan fingerprint density at radius 3 is 0.943 bits per heavy atom. The lowest BCUT2D eigenvalue weighted by Crippen LogP contribution is -2.39. The topological polar surface area (TPSA) is 118 Å². The predicted molar refractivity (Wildman–Crippen MR) is 144 cm³/mol. The molecule has 2 atom stereocenters. The number of carboxylic acids is 2. The van der Waals surface area contributed by atoms with Crippen LogP contribution in [0.3, 0.4) is 0 Å². The average molecular weight is 504 g/mol. The van der Waals surface area contributed by atoms with Crippen molar-refractivity contribution in [3.63, 3.8) is 0 Å². The molecule has 0 aromatic heterocycles. The van der Waals surface area contributed by atoms with Gasteiger partial charge in [0.2, 0.25) is 0 Å². The van der Waals surface area contributed by atoms with Crippen molar-refractivity contribution in [3.8, 4) is 0 Å². The molecule has 0 saturated heterocycles. The van der Waals surface area contributed by atoms with E-state index in [1.165, 1.54) is 135 Å². The van der Waals surface area contributed by atoms with Gasteiger partial charge in [0.15, 0.2) is 12.2 Å². The molecule has 0 fully saturated rings. The monoisotopic (exact) mass is 503 g/mol. The van der Waals surface area contributed by atoms with Gasteiger partial charge in [0.05, 0.1) is 0 Å². The fraction of sp³-hybridized carbons (Fsp3) is 0.929. The predicted octanol–water partition coefficient (Wildman–Crippen LogP) is 6.25. The van der Waals surface area contributed by atoms with E-state index in [1.807, 2.05) is 0 Å². The molecule has 0 aliphatic rings. The van der Waals surface area contributed by atoms with Crippen molar-refractivity contribution in [3.05, 3.63) is 0 Å². The van der Waals surface area contributed by atoms with Crippen LogP contribution in [-0.2, 0) is 9.59 Å². The van der Waals surface area contributed by atoms with E-state index in [0.717, 1.165) is 0 Å². The summed E-state index contributed by atoms with van der Waals surface area (Å²) in [6.45, 7) is 11.0. The van der Waals surface area contributed by atoms with Gasteiger partial charge in [-0.15, -0.1) is 0 Å². The van der Waals surface area contributed by atoms with Crippen LogP contribution in [0.25, 0.3) is 0 Å². The smallest absolute Gasteiger partial charge is 0.335 e. The summed E-state index contributed by atoms with van der Waals surface area (Å²) in [4.78, 5) is 22.3. The Morgan fingerprint density at radius 1 is 0.486 bits per heavy atom. The Bertz CT molecular complexity index is 418. The Kier molecular flexibility index (Phi) is 28.2. The van der Waals surface area contributed by atoms with Crippen LogP contribution in [0.1, 0.15) is 136 Å². The van der Waals surface area contributed by atoms with Gasteiger partial charge in [0, 0.05) is 0 Å². The highest BCUT2D eigenvalue weighted by molar-refractivity contribution is 5.83. The molecule has 4 N–H and O–H groups in total. The van der Waals surface area contributed by atoms with Gasteiger partial charge in [-0.05, 0) is 38.9 Å². The third kappa shape index (κ3) is 25.7. The fourth-order valence-corrected chi connectivity index (χ4v) is 3.95. The average Bonchev–Trinajstić information content (AvgIpc) is 2.84. The minimum atomic E-state index is -2.27. The first-order valence-corrected chi connectivity index (χ1v) is 14.4. The van der Waals surface area contributed by atoms with Gasteiger partial charge in [-0.3, -0.25) is 0 Å². The number of nitrogens with zero attached hydrogens (tertiary/aromatic N) is 1. The minimum Gasteiger partial charge on any atom is -0.479 e. The van der Waals surface area contributed by atoms with Crippen LogP contribution in [0, 0.1) is 0 Å². The largest absolute Gasteiger partial charge is 0.479 e. The molecular formula is C28H57NO6. The van der Waals surface area contributed by atoms with Crippen molar-refractivity contribution in [2.24, 2.45) is 0 Å². The van der Waals surface area contributed by atoms with Gasteiger partial charge in [-0.25, -0.2) is 9.59 Å². The molecule has 0 aliphatic carbocycles. The molecule has 0 heterocycles. The molecule has 210 valence electrons. The first kappa shape index (κ1) is 36.0. The van der Waals surface area contributed by atoms with Gasteiger partial charge in [0.1, 0.15) is 0 Å². The maximum absolute atomic E-state index is 9.77. The zero-order valence-corrected chi connectivity index (χ0v) is 23.1. The number of carboxylic acid groups (broad SMARTS) is 2.